The van der Waals surface area contributed by atoms with E-state index in [0.717, 1.165) is 44.5 Å². The highest BCUT2D eigenvalue weighted by molar-refractivity contribution is 7.98. The molecule has 0 N–H and O–H groups in total. The summed E-state index contributed by atoms with van der Waals surface area (Å²) >= 11 is 7.95. The Balaban J connectivity index is 1.52. The highest BCUT2D eigenvalue weighted by Crippen LogP contribution is 2.34. The van der Waals surface area contributed by atoms with Crippen LogP contribution >= 0.6 is 23.4 Å². The number of para-hydroxylation sites is 1. The van der Waals surface area contributed by atoms with Crippen LogP contribution in [0.1, 0.15) is 11.3 Å². The number of methoxy groups -OCH3 is 1. The van der Waals surface area contributed by atoms with Crippen molar-refractivity contribution in [3.8, 4) is 17.1 Å². The number of hydrogen-bond donors (Lipinski definition) is 0. The zero-order chi connectivity index (χ0) is 21.9. The number of pyridine rings is 1. The van der Waals surface area contributed by atoms with Gasteiger partial charge in [-0.1, -0.05) is 41.6 Å². The summed E-state index contributed by atoms with van der Waals surface area (Å²) < 4.78 is 13.2. The van der Waals surface area contributed by atoms with Crippen molar-refractivity contribution >= 4 is 34.3 Å². The number of hydrogen-bond acceptors (Lipinski definition) is 6. The van der Waals surface area contributed by atoms with Gasteiger partial charge in [0.25, 0.3) is 0 Å². The minimum atomic E-state index is 0.509. The molecular weight excluding hydrogens is 444 g/mol. The van der Waals surface area contributed by atoms with Crippen LogP contribution in [0.3, 0.4) is 0 Å². The van der Waals surface area contributed by atoms with E-state index < -0.39 is 0 Å². The van der Waals surface area contributed by atoms with Crippen molar-refractivity contribution in [2.24, 2.45) is 0 Å². The van der Waals surface area contributed by atoms with Crippen LogP contribution in [-0.2, 0) is 12.3 Å². The molecule has 3 aromatic heterocycles. The Morgan fingerprint density at radius 2 is 1.94 bits per heavy atom. The fraction of sp³-hybridized carbons (Fsp3) is 0.125. The van der Waals surface area contributed by atoms with Crippen LogP contribution in [0.4, 0.5) is 0 Å². The third kappa shape index (κ3) is 3.97. The zero-order valence-corrected chi connectivity index (χ0v) is 18.8. The first-order valence-corrected chi connectivity index (χ1v) is 11.3. The summed E-state index contributed by atoms with van der Waals surface area (Å²) in [4.78, 5) is 4.54. The van der Waals surface area contributed by atoms with Crippen LogP contribution < -0.4 is 4.74 Å². The highest BCUT2D eigenvalue weighted by Gasteiger charge is 2.19. The molecule has 0 saturated carbocycles. The summed E-state index contributed by atoms with van der Waals surface area (Å²) in [5, 5.41) is 11.4. The maximum Gasteiger partial charge on any atom is 0.192 e. The van der Waals surface area contributed by atoms with Crippen molar-refractivity contribution < 1.29 is 9.15 Å². The second-order valence-electron chi connectivity index (χ2n) is 7.07. The van der Waals surface area contributed by atoms with Crippen LogP contribution in [0.2, 0.25) is 5.02 Å². The normalized spacial score (nSPS) is 11.2. The molecule has 0 aliphatic rings. The lowest BCUT2D eigenvalue weighted by Gasteiger charge is -2.12. The minimum Gasteiger partial charge on any atom is -0.496 e. The first kappa shape index (κ1) is 20.6. The monoisotopic (exact) mass is 462 g/mol. The van der Waals surface area contributed by atoms with Crippen LogP contribution in [0.5, 0.6) is 5.75 Å². The molecule has 0 atom stereocenters. The molecule has 2 aromatic carbocycles. The van der Waals surface area contributed by atoms with Crippen LogP contribution in [-0.4, -0.2) is 26.9 Å². The van der Waals surface area contributed by atoms with Crippen molar-refractivity contribution in [2.75, 3.05) is 7.11 Å². The van der Waals surface area contributed by atoms with E-state index in [0.29, 0.717) is 17.3 Å². The van der Waals surface area contributed by atoms with E-state index in [1.807, 2.05) is 65.2 Å². The molecule has 0 saturated heterocycles. The molecule has 32 heavy (non-hydrogen) atoms. The fourth-order valence-corrected chi connectivity index (χ4v) is 4.72. The molecule has 3 heterocycles. The molecule has 160 valence electrons. The van der Waals surface area contributed by atoms with Crippen molar-refractivity contribution in [2.45, 2.75) is 17.5 Å². The third-order valence-corrected chi connectivity index (χ3v) is 6.46. The Morgan fingerprint density at radius 3 is 2.78 bits per heavy atom. The van der Waals surface area contributed by atoms with Gasteiger partial charge in [0.05, 0.1) is 31.0 Å². The number of benzene rings is 2. The molecule has 6 nitrogen and oxygen atoms in total. The van der Waals surface area contributed by atoms with Gasteiger partial charge in [-0.2, -0.15) is 0 Å². The predicted octanol–water partition coefficient (Wildman–Crippen LogP) is 6.09. The maximum atomic E-state index is 6.36. The van der Waals surface area contributed by atoms with Gasteiger partial charge in [-0.25, -0.2) is 0 Å². The number of aromatic nitrogens is 4. The molecule has 5 aromatic rings. The Morgan fingerprint density at radius 1 is 1.03 bits per heavy atom. The van der Waals surface area contributed by atoms with Crippen molar-refractivity contribution in [1.82, 2.24) is 19.7 Å². The van der Waals surface area contributed by atoms with Gasteiger partial charge in [0.2, 0.25) is 0 Å². The molecule has 8 heteroatoms. The van der Waals surface area contributed by atoms with Gasteiger partial charge in [-0.3, -0.25) is 9.55 Å². The maximum absolute atomic E-state index is 6.36. The second-order valence-corrected chi connectivity index (χ2v) is 8.42. The van der Waals surface area contributed by atoms with E-state index in [9.17, 15) is 0 Å². The van der Waals surface area contributed by atoms with Gasteiger partial charge in [0, 0.05) is 22.4 Å². The topological polar surface area (TPSA) is 66.0 Å². The Bertz CT molecular complexity index is 1370. The summed E-state index contributed by atoms with van der Waals surface area (Å²) in [6.07, 6.45) is 3.45. The van der Waals surface area contributed by atoms with Crippen molar-refractivity contribution in [1.29, 1.82) is 0 Å². The lowest BCUT2D eigenvalue weighted by atomic mass is 10.1. The Labute approximate surface area is 194 Å². The molecule has 0 aliphatic carbocycles. The van der Waals surface area contributed by atoms with Crippen LogP contribution in [0.15, 0.2) is 82.7 Å². The zero-order valence-electron chi connectivity index (χ0n) is 17.2. The van der Waals surface area contributed by atoms with Gasteiger partial charge >= 0.3 is 0 Å². The van der Waals surface area contributed by atoms with E-state index in [1.165, 1.54) is 0 Å². The van der Waals surface area contributed by atoms with Crippen LogP contribution in [0, 0.1) is 0 Å². The predicted molar refractivity (Wildman–Crippen MR) is 126 cm³/mol. The molecule has 0 bridgehead atoms. The van der Waals surface area contributed by atoms with E-state index >= 15 is 0 Å². The van der Waals surface area contributed by atoms with Gasteiger partial charge in [0.15, 0.2) is 11.0 Å². The fourth-order valence-electron chi connectivity index (χ4n) is 3.58. The first-order valence-electron chi connectivity index (χ1n) is 9.98. The van der Waals surface area contributed by atoms with Crippen molar-refractivity contribution in [3.05, 3.63) is 89.5 Å². The first-order chi connectivity index (χ1) is 15.7. The third-order valence-electron chi connectivity index (χ3n) is 5.12. The standard InChI is InChI=1S/C24H19ClN4O2S/c1-30-21-9-3-2-7-19(21)23-27-28-24(29(23)14-17-6-5-13-31-17)32-15-16-10-11-20(25)18-8-4-12-26-22(16)18/h2-13H,14-15H2,1H3. The summed E-state index contributed by atoms with van der Waals surface area (Å²) in [5.74, 6) is 2.96. The summed E-state index contributed by atoms with van der Waals surface area (Å²) in [5.41, 5.74) is 2.86. The smallest absolute Gasteiger partial charge is 0.192 e. The number of furan rings is 1. The highest BCUT2D eigenvalue weighted by atomic mass is 35.5. The van der Waals surface area contributed by atoms with Crippen LogP contribution in [0.25, 0.3) is 22.3 Å². The molecule has 0 amide bonds. The molecule has 0 spiro atoms. The van der Waals surface area contributed by atoms with E-state index in [1.54, 1.807) is 31.3 Å². The average molecular weight is 463 g/mol. The number of ether oxygens (including phenoxy) is 1. The molecule has 0 fully saturated rings. The molecular formula is C24H19ClN4O2S. The quantitative estimate of drug-likeness (QED) is 0.273. The molecule has 0 unspecified atom stereocenters. The SMILES string of the molecule is COc1ccccc1-c1nnc(SCc2ccc(Cl)c3cccnc23)n1Cc1ccco1. The summed E-state index contributed by atoms with van der Waals surface area (Å²) in [6.45, 7) is 0.509. The lowest BCUT2D eigenvalue weighted by molar-refractivity contribution is 0.415. The summed E-state index contributed by atoms with van der Waals surface area (Å²) in [7, 11) is 1.65. The molecule has 0 radical (unpaired) electrons. The number of nitrogens with zero attached hydrogens (tertiary/aromatic N) is 4. The Kier molecular flexibility index (Phi) is 5.83. The van der Waals surface area contributed by atoms with Gasteiger partial charge in [-0.05, 0) is 48.0 Å². The van der Waals surface area contributed by atoms with E-state index in [-0.39, 0.29) is 0 Å². The van der Waals surface area contributed by atoms with E-state index in [4.69, 9.17) is 20.8 Å². The minimum absolute atomic E-state index is 0.509. The van der Waals surface area contributed by atoms with Crippen molar-refractivity contribution in [3.63, 3.8) is 0 Å². The lowest BCUT2D eigenvalue weighted by Crippen LogP contribution is -2.04. The number of thioether (sulfide) groups is 1. The van der Waals surface area contributed by atoms with Gasteiger partial charge in [0.1, 0.15) is 11.5 Å². The second kappa shape index (κ2) is 9.06. The number of rotatable bonds is 7. The number of fused-ring (bicyclic) bond motifs is 1. The average Bonchev–Trinajstić information content (AvgIpc) is 3.49. The van der Waals surface area contributed by atoms with E-state index in [2.05, 4.69) is 15.2 Å². The number of halogens is 1. The largest absolute Gasteiger partial charge is 0.496 e. The van der Waals surface area contributed by atoms with Gasteiger partial charge in [-0.15, -0.1) is 10.2 Å². The molecule has 5 rings (SSSR count). The molecule has 0 aliphatic heterocycles. The van der Waals surface area contributed by atoms with Gasteiger partial charge < -0.3 is 9.15 Å². The Hall–Kier alpha value is -3.29. The summed E-state index contributed by atoms with van der Waals surface area (Å²) in [6, 6.07) is 19.4.